The first kappa shape index (κ1) is 24.7. The van der Waals surface area contributed by atoms with E-state index in [1.807, 2.05) is 11.3 Å². The van der Waals surface area contributed by atoms with Gasteiger partial charge in [0.15, 0.2) is 0 Å². The van der Waals surface area contributed by atoms with E-state index in [1.54, 1.807) is 0 Å². The topological polar surface area (TPSA) is 8.17 Å². The van der Waals surface area contributed by atoms with Crippen molar-refractivity contribution in [1.29, 1.82) is 0 Å². The Kier molecular flexibility index (Phi) is 4.83. The predicted octanol–water partition coefficient (Wildman–Crippen LogP) is 10.2. The Bertz CT molecular complexity index is 2720. The largest absolute Gasteiger partial charge is 0.375 e. The molecule has 4 heteroatoms. The van der Waals surface area contributed by atoms with Gasteiger partial charge in [0.1, 0.15) is 0 Å². The maximum absolute atomic E-state index is 2.62. The molecule has 2 aliphatic rings. The number of hydrogen-bond donors (Lipinski definition) is 0. The fourth-order valence-corrected chi connectivity index (χ4v) is 9.66. The van der Waals surface area contributed by atoms with E-state index >= 15 is 0 Å². The van der Waals surface area contributed by atoms with Crippen molar-refractivity contribution in [2.24, 2.45) is 0 Å². The molecule has 212 valence electrons. The highest BCUT2D eigenvalue weighted by Gasteiger charge is 2.42. The first-order chi connectivity index (χ1) is 22.9. The SMILES string of the molecule is c1ccc(-c2c(N3c4ccccc4B4c5c(cccc53)-c3cccc5c6ccccc6n4c35)ccc3c2sc2ccccc23)cc1. The molecule has 2 aromatic heterocycles. The summed E-state index contributed by atoms with van der Waals surface area (Å²) in [6.45, 7) is 0.0733. The van der Waals surface area contributed by atoms with Crippen LogP contribution in [0.2, 0.25) is 0 Å². The van der Waals surface area contributed by atoms with Gasteiger partial charge >= 0.3 is 6.85 Å². The number of rotatable bonds is 2. The van der Waals surface area contributed by atoms with E-state index in [-0.39, 0.29) is 6.85 Å². The second-order valence-electron chi connectivity index (χ2n) is 12.4. The fraction of sp³-hybridized carbons (Fsp3) is 0. The predicted molar refractivity (Wildman–Crippen MR) is 198 cm³/mol. The minimum absolute atomic E-state index is 0.0733. The summed E-state index contributed by atoms with van der Waals surface area (Å²) in [4.78, 5) is 2.55. The summed E-state index contributed by atoms with van der Waals surface area (Å²) in [6, 6.07) is 56.2. The average Bonchev–Trinajstić information content (AvgIpc) is 3.66. The summed E-state index contributed by atoms with van der Waals surface area (Å²) >= 11 is 1.90. The summed E-state index contributed by atoms with van der Waals surface area (Å²) < 4.78 is 5.27. The monoisotopic (exact) mass is 600 g/mol. The quantitative estimate of drug-likeness (QED) is 0.179. The molecule has 0 radical (unpaired) electrons. The smallest absolute Gasteiger partial charge is 0.333 e. The van der Waals surface area contributed by atoms with E-state index in [0.29, 0.717) is 0 Å². The average molecular weight is 601 g/mol. The maximum atomic E-state index is 2.62. The number of benzene rings is 7. The molecular weight excluding hydrogens is 575 g/mol. The Morgan fingerprint density at radius 1 is 0.478 bits per heavy atom. The zero-order valence-electron chi connectivity index (χ0n) is 24.8. The van der Waals surface area contributed by atoms with E-state index in [4.69, 9.17) is 0 Å². The highest BCUT2D eigenvalue weighted by molar-refractivity contribution is 7.26. The molecule has 2 nitrogen and oxygen atoms in total. The van der Waals surface area contributed by atoms with Gasteiger partial charge < -0.3 is 9.38 Å². The Balaban J connectivity index is 1.28. The molecule has 11 rings (SSSR count). The number of para-hydroxylation sites is 3. The lowest BCUT2D eigenvalue weighted by Crippen LogP contribution is -2.56. The highest BCUT2D eigenvalue weighted by atomic mass is 32.1. The molecule has 46 heavy (non-hydrogen) atoms. The van der Waals surface area contributed by atoms with Gasteiger partial charge in [0.05, 0.1) is 5.69 Å². The molecule has 4 heterocycles. The van der Waals surface area contributed by atoms with Crippen LogP contribution in [0.5, 0.6) is 0 Å². The van der Waals surface area contributed by atoms with Crippen LogP contribution in [0.25, 0.3) is 64.2 Å². The third-order valence-electron chi connectivity index (χ3n) is 10.2. The lowest BCUT2D eigenvalue weighted by atomic mass is 9.45. The Morgan fingerprint density at radius 2 is 1.20 bits per heavy atom. The molecule has 0 saturated carbocycles. The summed E-state index contributed by atoms with van der Waals surface area (Å²) in [7, 11) is 0. The van der Waals surface area contributed by atoms with Crippen molar-refractivity contribution < 1.29 is 0 Å². The van der Waals surface area contributed by atoms with Crippen molar-refractivity contribution in [2.75, 3.05) is 4.90 Å². The summed E-state index contributed by atoms with van der Waals surface area (Å²) in [5.41, 5.74) is 14.2. The molecule has 0 fully saturated rings. The summed E-state index contributed by atoms with van der Waals surface area (Å²) in [6.07, 6.45) is 0. The summed E-state index contributed by atoms with van der Waals surface area (Å²) in [5, 5.41) is 5.28. The first-order valence-electron chi connectivity index (χ1n) is 15.9. The van der Waals surface area contributed by atoms with Gasteiger partial charge in [-0.1, -0.05) is 121 Å². The van der Waals surface area contributed by atoms with E-state index in [9.17, 15) is 0 Å². The van der Waals surface area contributed by atoms with Gasteiger partial charge in [-0.05, 0) is 52.4 Å². The second kappa shape index (κ2) is 9.00. The Morgan fingerprint density at radius 3 is 2.13 bits per heavy atom. The molecule has 9 aromatic rings. The van der Waals surface area contributed by atoms with Crippen LogP contribution in [-0.4, -0.2) is 11.3 Å². The van der Waals surface area contributed by atoms with E-state index in [2.05, 4.69) is 161 Å². The van der Waals surface area contributed by atoms with Crippen molar-refractivity contribution in [3.63, 3.8) is 0 Å². The molecule has 0 spiro atoms. The van der Waals surface area contributed by atoms with Crippen molar-refractivity contribution >= 4 is 88.2 Å². The third kappa shape index (κ3) is 3.07. The number of nitrogens with zero attached hydrogens (tertiary/aromatic N) is 2. The Labute approximate surface area is 270 Å². The molecule has 0 saturated heterocycles. The van der Waals surface area contributed by atoms with Crippen LogP contribution in [0.3, 0.4) is 0 Å². The maximum Gasteiger partial charge on any atom is 0.333 e. The second-order valence-corrected chi connectivity index (χ2v) is 13.5. The van der Waals surface area contributed by atoms with Crippen molar-refractivity contribution in [3.05, 3.63) is 152 Å². The molecule has 0 atom stereocenters. The van der Waals surface area contributed by atoms with Crippen LogP contribution < -0.4 is 15.8 Å². The van der Waals surface area contributed by atoms with E-state index < -0.39 is 0 Å². The van der Waals surface area contributed by atoms with Gasteiger partial charge in [0.2, 0.25) is 0 Å². The highest BCUT2D eigenvalue weighted by Crippen LogP contribution is 2.50. The fourth-order valence-electron chi connectivity index (χ4n) is 8.39. The first-order valence-corrected chi connectivity index (χ1v) is 16.7. The van der Waals surface area contributed by atoms with Gasteiger partial charge in [-0.25, -0.2) is 0 Å². The van der Waals surface area contributed by atoms with Crippen LogP contribution in [0.1, 0.15) is 0 Å². The standard InChI is InChI=1S/C42H25BN2S/c1-2-12-26(13-3-1)39-36(25-24-32-28-15-5-9-23-38(28)46-42(32)39)44-35-21-8-6-19-33(35)43-40-29(16-11-22-37(40)44)31-18-10-17-30-27-14-4-7-20-34(27)45(43)41(30)31/h1-25H. The number of anilines is 3. The zero-order chi connectivity index (χ0) is 29.9. The lowest BCUT2D eigenvalue weighted by Gasteiger charge is -2.41. The van der Waals surface area contributed by atoms with Gasteiger partial charge in [-0.3, -0.25) is 0 Å². The number of aromatic nitrogens is 1. The molecule has 0 aliphatic carbocycles. The minimum Gasteiger partial charge on any atom is -0.375 e. The molecule has 7 aromatic carbocycles. The molecule has 0 unspecified atom stereocenters. The zero-order valence-corrected chi connectivity index (χ0v) is 25.6. The molecule has 0 N–H and O–H groups in total. The van der Waals surface area contributed by atoms with E-state index in [0.717, 1.165) is 0 Å². The lowest BCUT2D eigenvalue weighted by molar-refractivity contribution is 1.26. The van der Waals surface area contributed by atoms with Crippen LogP contribution >= 0.6 is 11.3 Å². The summed E-state index contributed by atoms with van der Waals surface area (Å²) in [5.74, 6) is 0. The number of hydrogen-bond acceptors (Lipinski definition) is 2. The van der Waals surface area contributed by atoms with Crippen LogP contribution in [0.4, 0.5) is 17.1 Å². The van der Waals surface area contributed by atoms with Crippen molar-refractivity contribution in [2.45, 2.75) is 0 Å². The number of thiophene rings is 1. The van der Waals surface area contributed by atoms with E-state index in [1.165, 1.54) is 92.2 Å². The Hall–Kier alpha value is -5.58. The molecule has 0 bridgehead atoms. The van der Waals surface area contributed by atoms with Crippen LogP contribution in [0, 0.1) is 0 Å². The van der Waals surface area contributed by atoms with Gasteiger partial charge in [-0.2, -0.15) is 0 Å². The molecule has 0 amide bonds. The molecular formula is C42H25BN2S. The molecule has 2 aliphatic heterocycles. The van der Waals surface area contributed by atoms with Crippen molar-refractivity contribution in [1.82, 2.24) is 4.48 Å². The third-order valence-corrected chi connectivity index (χ3v) is 11.4. The van der Waals surface area contributed by atoms with Gasteiger partial charge in [0, 0.05) is 64.5 Å². The van der Waals surface area contributed by atoms with Crippen LogP contribution in [-0.2, 0) is 0 Å². The van der Waals surface area contributed by atoms with Crippen molar-refractivity contribution in [3.8, 4) is 22.3 Å². The normalized spacial score (nSPS) is 13.1. The minimum atomic E-state index is 0.0733. The van der Waals surface area contributed by atoms with Crippen LogP contribution in [0.15, 0.2) is 152 Å². The van der Waals surface area contributed by atoms with Gasteiger partial charge in [0.25, 0.3) is 0 Å². The number of fused-ring (bicyclic) bond motifs is 10. The van der Waals surface area contributed by atoms with Gasteiger partial charge in [-0.15, -0.1) is 11.3 Å².